The average molecular weight is 214 g/mol. The molecule has 0 amide bonds. The Bertz CT molecular complexity index is 240. The minimum atomic E-state index is -1.46. The van der Waals surface area contributed by atoms with Gasteiger partial charge >= 0.3 is 0 Å². The summed E-state index contributed by atoms with van der Waals surface area (Å²) in [6.07, 6.45) is 1.61. The lowest BCUT2D eigenvalue weighted by atomic mass is 10.3. The number of H-pyrrole nitrogens is 1. The first-order chi connectivity index (χ1) is 5.05. The lowest BCUT2D eigenvalue weighted by Crippen LogP contribution is -2.02. The molecule has 0 saturated carbocycles. The minimum absolute atomic E-state index is 0.157. The quantitative estimate of drug-likeness (QED) is 0.692. The van der Waals surface area contributed by atoms with Gasteiger partial charge in [-0.3, -0.25) is 0 Å². The van der Waals surface area contributed by atoms with Crippen LogP contribution in [0.1, 0.15) is 11.3 Å². The second-order valence-electron chi connectivity index (χ2n) is 2.03. The number of hydrogen-bond donors (Lipinski definition) is 2. The summed E-state index contributed by atoms with van der Waals surface area (Å²) in [5.74, 6) is 0. The third kappa shape index (κ3) is 2.03. The first-order valence-corrected chi connectivity index (χ1v) is 4.03. The molecule has 62 valence electrons. The zero-order valence-electron chi connectivity index (χ0n) is 5.44. The molecule has 1 rings (SSSR count). The summed E-state index contributed by atoms with van der Waals surface area (Å²) < 4.78 is -1.46. The lowest BCUT2D eigenvalue weighted by Gasteiger charge is -2.10. The van der Waals surface area contributed by atoms with E-state index in [4.69, 9.17) is 39.9 Å². The van der Waals surface area contributed by atoms with Gasteiger partial charge in [-0.25, -0.2) is 0 Å². The van der Waals surface area contributed by atoms with E-state index in [-0.39, 0.29) is 6.61 Å². The van der Waals surface area contributed by atoms with Crippen molar-refractivity contribution < 1.29 is 5.11 Å². The van der Waals surface area contributed by atoms with Crippen LogP contribution in [0.5, 0.6) is 0 Å². The van der Waals surface area contributed by atoms with Crippen molar-refractivity contribution >= 4 is 34.8 Å². The SMILES string of the molecule is OCc1[nH]ccc1C(Cl)(Cl)Cl. The maximum absolute atomic E-state index is 8.76. The maximum Gasteiger partial charge on any atom is 0.217 e. The Morgan fingerprint density at radius 2 is 2.09 bits per heavy atom. The second kappa shape index (κ2) is 3.23. The average Bonchev–Trinajstić information content (AvgIpc) is 2.31. The summed E-state index contributed by atoms with van der Waals surface area (Å²) in [5.41, 5.74) is 1.02. The van der Waals surface area contributed by atoms with Gasteiger partial charge in [0.05, 0.1) is 6.61 Å². The molecule has 1 aromatic heterocycles. The molecule has 0 aromatic carbocycles. The van der Waals surface area contributed by atoms with Crippen molar-refractivity contribution in [3.63, 3.8) is 0 Å². The molecule has 1 aromatic rings. The maximum atomic E-state index is 8.76. The van der Waals surface area contributed by atoms with Gasteiger partial charge in [0.2, 0.25) is 3.79 Å². The van der Waals surface area contributed by atoms with Crippen LogP contribution in [0.2, 0.25) is 0 Å². The largest absolute Gasteiger partial charge is 0.390 e. The number of aliphatic hydroxyl groups is 1. The predicted molar refractivity (Wildman–Crippen MR) is 46.0 cm³/mol. The van der Waals surface area contributed by atoms with Crippen molar-refractivity contribution in [1.29, 1.82) is 0 Å². The smallest absolute Gasteiger partial charge is 0.217 e. The lowest BCUT2D eigenvalue weighted by molar-refractivity contribution is 0.276. The Morgan fingerprint density at radius 1 is 1.45 bits per heavy atom. The van der Waals surface area contributed by atoms with Crippen molar-refractivity contribution in [2.24, 2.45) is 0 Å². The third-order valence-electron chi connectivity index (χ3n) is 1.30. The van der Waals surface area contributed by atoms with Crippen molar-refractivity contribution in [2.75, 3.05) is 0 Å². The van der Waals surface area contributed by atoms with Crippen molar-refractivity contribution in [2.45, 2.75) is 10.4 Å². The van der Waals surface area contributed by atoms with Crippen LogP contribution < -0.4 is 0 Å². The van der Waals surface area contributed by atoms with Gasteiger partial charge in [0.15, 0.2) is 0 Å². The Hall–Kier alpha value is 0.110. The molecule has 0 unspecified atom stereocenters. The highest BCUT2D eigenvalue weighted by Crippen LogP contribution is 2.39. The fourth-order valence-corrected chi connectivity index (χ4v) is 1.33. The van der Waals surface area contributed by atoms with Gasteiger partial charge in [-0.15, -0.1) is 0 Å². The molecular formula is C6H6Cl3NO. The molecule has 0 bridgehead atoms. The van der Waals surface area contributed by atoms with E-state index in [1.807, 2.05) is 0 Å². The number of nitrogens with one attached hydrogen (secondary N) is 1. The van der Waals surface area contributed by atoms with Gasteiger partial charge in [-0.1, -0.05) is 34.8 Å². The molecule has 2 N–H and O–H groups in total. The number of alkyl halides is 3. The predicted octanol–water partition coefficient (Wildman–Crippen LogP) is 2.33. The summed E-state index contributed by atoms with van der Waals surface area (Å²) in [7, 11) is 0. The third-order valence-corrected chi connectivity index (χ3v) is 1.91. The van der Waals surface area contributed by atoms with E-state index in [1.165, 1.54) is 0 Å². The minimum Gasteiger partial charge on any atom is -0.390 e. The number of rotatable bonds is 1. The van der Waals surface area contributed by atoms with E-state index in [2.05, 4.69) is 4.98 Å². The molecule has 0 spiro atoms. The molecular weight excluding hydrogens is 208 g/mol. The highest BCUT2D eigenvalue weighted by molar-refractivity contribution is 6.66. The van der Waals surface area contributed by atoms with Crippen LogP contribution in [0.4, 0.5) is 0 Å². The van der Waals surface area contributed by atoms with Gasteiger partial charge in [0.25, 0.3) is 0 Å². The standard InChI is InChI=1S/C6H6Cl3NO/c7-6(8,9)4-1-2-10-5(4)3-11/h1-2,10-11H,3H2. The van der Waals surface area contributed by atoms with Crippen LogP contribution in [0, 0.1) is 0 Å². The van der Waals surface area contributed by atoms with E-state index in [0.29, 0.717) is 11.3 Å². The number of aliphatic hydroxyl groups excluding tert-OH is 1. The molecule has 11 heavy (non-hydrogen) atoms. The summed E-state index contributed by atoms with van der Waals surface area (Å²) in [5, 5.41) is 8.76. The zero-order valence-corrected chi connectivity index (χ0v) is 7.71. The van der Waals surface area contributed by atoms with Gasteiger partial charge < -0.3 is 10.1 Å². The molecule has 1 heterocycles. The van der Waals surface area contributed by atoms with E-state index < -0.39 is 3.79 Å². The zero-order chi connectivity index (χ0) is 8.48. The Balaban J connectivity index is 3.02. The normalized spacial score (nSPS) is 12.0. The van der Waals surface area contributed by atoms with Gasteiger partial charge in [-0.05, 0) is 6.07 Å². The molecule has 0 aliphatic carbocycles. The number of aromatic nitrogens is 1. The van der Waals surface area contributed by atoms with Crippen molar-refractivity contribution in [1.82, 2.24) is 4.98 Å². The summed E-state index contributed by atoms with van der Waals surface area (Å²) >= 11 is 16.8. The highest BCUT2D eigenvalue weighted by atomic mass is 35.6. The van der Waals surface area contributed by atoms with E-state index in [1.54, 1.807) is 12.3 Å². The first-order valence-electron chi connectivity index (χ1n) is 2.90. The Kier molecular flexibility index (Phi) is 2.70. The van der Waals surface area contributed by atoms with E-state index in [0.717, 1.165) is 0 Å². The molecule has 0 aliphatic heterocycles. The fourth-order valence-electron chi connectivity index (χ4n) is 0.800. The van der Waals surface area contributed by atoms with Crippen LogP contribution in [-0.2, 0) is 10.4 Å². The van der Waals surface area contributed by atoms with Gasteiger partial charge in [-0.2, -0.15) is 0 Å². The van der Waals surface area contributed by atoms with Gasteiger partial charge in [0.1, 0.15) is 0 Å². The highest BCUT2D eigenvalue weighted by Gasteiger charge is 2.26. The van der Waals surface area contributed by atoms with Crippen LogP contribution in [0.25, 0.3) is 0 Å². The van der Waals surface area contributed by atoms with Crippen LogP contribution >= 0.6 is 34.8 Å². The Morgan fingerprint density at radius 3 is 2.45 bits per heavy atom. The molecule has 5 heteroatoms. The van der Waals surface area contributed by atoms with Crippen LogP contribution in [-0.4, -0.2) is 10.1 Å². The number of hydrogen-bond acceptors (Lipinski definition) is 1. The second-order valence-corrected chi connectivity index (χ2v) is 4.31. The molecule has 2 nitrogen and oxygen atoms in total. The molecule has 0 atom stereocenters. The summed E-state index contributed by atoms with van der Waals surface area (Å²) in [6, 6.07) is 1.62. The van der Waals surface area contributed by atoms with Gasteiger partial charge in [0, 0.05) is 17.5 Å². The monoisotopic (exact) mass is 213 g/mol. The van der Waals surface area contributed by atoms with E-state index in [9.17, 15) is 0 Å². The summed E-state index contributed by atoms with van der Waals surface area (Å²) in [6.45, 7) is -0.157. The number of halogens is 3. The number of aromatic amines is 1. The first kappa shape index (κ1) is 9.20. The van der Waals surface area contributed by atoms with Crippen molar-refractivity contribution in [3.05, 3.63) is 23.5 Å². The molecule has 0 fully saturated rings. The van der Waals surface area contributed by atoms with Crippen LogP contribution in [0.3, 0.4) is 0 Å². The van der Waals surface area contributed by atoms with E-state index >= 15 is 0 Å². The molecule has 0 saturated heterocycles. The van der Waals surface area contributed by atoms with Crippen LogP contribution in [0.15, 0.2) is 12.3 Å². The fraction of sp³-hybridized carbons (Fsp3) is 0.333. The topological polar surface area (TPSA) is 36.0 Å². The molecule has 0 radical (unpaired) electrons. The Labute approximate surface area is 79.1 Å². The van der Waals surface area contributed by atoms with Crippen molar-refractivity contribution in [3.8, 4) is 0 Å². The molecule has 0 aliphatic rings. The summed E-state index contributed by atoms with van der Waals surface area (Å²) in [4.78, 5) is 2.76.